The molecule has 0 radical (unpaired) electrons. The summed E-state index contributed by atoms with van der Waals surface area (Å²) >= 11 is 7.66. The molecule has 2 amide bonds. The number of carbonyl (C=O) groups is 2. The van der Waals surface area contributed by atoms with Crippen molar-refractivity contribution in [2.75, 3.05) is 20.1 Å². The van der Waals surface area contributed by atoms with Crippen LogP contribution in [0.3, 0.4) is 0 Å². The molecule has 1 saturated heterocycles. The number of halogens is 1. The van der Waals surface area contributed by atoms with Crippen LogP contribution in [0.5, 0.6) is 0 Å². The molecule has 0 saturated carbocycles. The molecule has 6 heteroatoms. The quantitative estimate of drug-likeness (QED) is 0.799. The Balaban J connectivity index is 2.16. The molecule has 1 atom stereocenters. The lowest BCUT2D eigenvalue weighted by Gasteiger charge is -2.32. The average molecular weight is 357 g/mol. The number of benzene rings is 1. The second-order valence-corrected chi connectivity index (χ2v) is 6.24. The minimum atomic E-state index is -0.115. The van der Waals surface area contributed by atoms with Gasteiger partial charge in [-0.3, -0.25) is 9.59 Å². The first-order chi connectivity index (χ1) is 9.52. The Morgan fingerprint density at radius 1 is 1.45 bits per heavy atom. The fraction of sp³-hybridized carbons (Fsp3) is 0.429. The highest BCUT2D eigenvalue weighted by Crippen LogP contribution is 2.24. The van der Waals surface area contributed by atoms with E-state index in [0.717, 1.165) is 22.2 Å². The van der Waals surface area contributed by atoms with Crippen LogP contribution in [-0.2, 0) is 4.79 Å². The third-order valence-electron chi connectivity index (χ3n) is 3.51. The van der Waals surface area contributed by atoms with Gasteiger partial charge in [-0.25, -0.2) is 0 Å². The maximum Gasteiger partial charge on any atom is 0.255 e. The Morgan fingerprint density at radius 2 is 2.20 bits per heavy atom. The standard InChI is InChI=1S/C14H17BrN2O2S/c1-16-13(18)9-3-2-6-17(8-9)14(19)11-7-10(20)4-5-12(11)15/h4-5,7,9,20H,2-3,6,8H2,1H3,(H,16,18). The van der Waals surface area contributed by atoms with Crippen LogP contribution in [0, 0.1) is 5.92 Å². The van der Waals surface area contributed by atoms with Gasteiger partial charge in [0, 0.05) is 29.5 Å². The lowest BCUT2D eigenvalue weighted by molar-refractivity contribution is -0.125. The minimum Gasteiger partial charge on any atom is -0.359 e. The Kier molecular flexibility index (Phi) is 5.10. The summed E-state index contributed by atoms with van der Waals surface area (Å²) in [5, 5.41) is 2.66. The Bertz CT molecular complexity index is 536. The van der Waals surface area contributed by atoms with E-state index in [1.807, 2.05) is 12.1 Å². The Morgan fingerprint density at radius 3 is 2.90 bits per heavy atom. The number of likely N-dealkylation sites (tertiary alicyclic amines) is 1. The van der Waals surface area contributed by atoms with Gasteiger partial charge in [0.1, 0.15) is 0 Å². The number of rotatable bonds is 2. The minimum absolute atomic E-state index is 0.00418. The first-order valence-corrected chi connectivity index (χ1v) is 7.76. The average Bonchev–Trinajstić information content (AvgIpc) is 2.48. The highest BCUT2D eigenvalue weighted by atomic mass is 79.9. The highest BCUT2D eigenvalue weighted by molar-refractivity contribution is 9.10. The number of hydrogen-bond donors (Lipinski definition) is 2. The maximum atomic E-state index is 12.6. The Labute approximate surface area is 132 Å². The lowest BCUT2D eigenvalue weighted by atomic mass is 9.96. The molecule has 0 spiro atoms. The van der Waals surface area contributed by atoms with E-state index in [0.29, 0.717) is 18.7 Å². The van der Waals surface area contributed by atoms with Crippen molar-refractivity contribution in [2.45, 2.75) is 17.7 Å². The number of piperidine rings is 1. The summed E-state index contributed by atoms with van der Waals surface area (Å²) in [4.78, 5) is 26.8. The highest BCUT2D eigenvalue weighted by Gasteiger charge is 2.29. The summed E-state index contributed by atoms with van der Waals surface area (Å²) in [6.45, 7) is 1.16. The second kappa shape index (κ2) is 6.63. The van der Waals surface area contributed by atoms with Gasteiger partial charge in [0.15, 0.2) is 0 Å². The zero-order valence-electron chi connectivity index (χ0n) is 11.2. The predicted octanol–water partition coefficient (Wildman–Crippen LogP) is 2.34. The number of carbonyl (C=O) groups excluding carboxylic acids is 2. The molecule has 1 aromatic rings. The van der Waals surface area contributed by atoms with E-state index in [1.165, 1.54) is 0 Å². The van der Waals surface area contributed by atoms with Gasteiger partial charge in [0.05, 0.1) is 11.5 Å². The maximum absolute atomic E-state index is 12.6. The van der Waals surface area contributed by atoms with Crippen molar-refractivity contribution in [3.63, 3.8) is 0 Å². The van der Waals surface area contributed by atoms with Gasteiger partial charge in [0.2, 0.25) is 5.91 Å². The lowest BCUT2D eigenvalue weighted by Crippen LogP contribution is -2.44. The molecular weight excluding hydrogens is 340 g/mol. The smallest absolute Gasteiger partial charge is 0.255 e. The first-order valence-electron chi connectivity index (χ1n) is 6.52. The largest absolute Gasteiger partial charge is 0.359 e. The van der Waals surface area contributed by atoms with Crippen molar-refractivity contribution in [1.29, 1.82) is 0 Å². The number of hydrogen-bond acceptors (Lipinski definition) is 3. The van der Waals surface area contributed by atoms with Crippen LogP contribution in [0.4, 0.5) is 0 Å². The van der Waals surface area contributed by atoms with Gasteiger partial charge in [-0.15, -0.1) is 12.6 Å². The number of thiol groups is 1. The van der Waals surface area contributed by atoms with Crippen molar-refractivity contribution in [2.24, 2.45) is 5.92 Å². The van der Waals surface area contributed by atoms with Gasteiger partial charge >= 0.3 is 0 Å². The van der Waals surface area contributed by atoms with Crippen molar-refractivity contribution in [3.05, 3.63) is 28.2 Å². The van der Waals surface area contributed by atoms with E-state index in [2.05, 4.69) is 33.9 Å². The molecule has 108 valence electrons. The van der Waals surface area contributed by atoms with Crippen LogP contribution >= 0.6 is 28.6 Å². The van der Waals surface area contributed by atoms with Gasteiger partial charge in [0.25, 0.3) is 5.91 Å². The summed E-state index contributed by atoms with van der Waals surface area (Å²) in [5.41, 5.74) is 0.593. The summed E-state index contributed by atoms with van der Waals surface area (Å²) < 4.78 is 0.752. The molecule has 1 N–H and O–H groups in total. The monoisotopic (exact) mass is 356 g/mol. The molecule has 0 bridgehead atoms. The molecule has 1 heterocycles. The SMILES string of the molecule is CNC(=O)C1CCCN(C(=O)c2cc(S)ccc2Br)C1. The van der Waals surface area contributed by atoms with E-state index >= 15 is 0 Å². The van der Waals surface area contributed by atoms with E-state index in [9.17, 15) is 9.59 Å². The van der Waals surface area contributed by atoms with Gasteiger partial charge in [-0.2, -0.15) is 0 Å². The molecular formula is C14H17BrN2O2S. The molecule has 0 aromatic heterocycles. The van der Waals surface area contributed by atoms with Crippen molar-refractivity contribution >= 4 is 40.4 Å². The second-order valence-electron chi connectivity index (χ2n) is 4.87. The van der Waals surface area contributed by atoms with E-state index in [4.69, 9.17) is 0 Å². The topological polar surface area (TPSA) is 49.4 Å². The first kappa shape index (κ1) is 15.4. The third kappa shape index (κ3) is 3.35. The van der Waals surface area contributed by atoms with E-state index < -0.39 is 0 Å². The van der Waals surface area contributed by atoms with Crippen molar-refractivity contribution in [1.82, 2.24) is 10.2 Å². The zero-order valence-corrected chi connectivity index (χ0v) is 13.7. The van der Waals surface area contributed by atoms with Crippen LogP contribution in [0.15, 0.2) is 27.6 Å². The number of nitrogens with one attached hydrogen (secondary N) is 1. The van der Waals surface area contributed by atoms with Gasteiger partial charge in [-0.1, -0.05) is 0 Å². The summed E-state index contributed by atoms with van der Waals surface area (Å²) in [6, 6.07) is 5.39. The van der Waals surface area contributed by atoms with Crippen LogP contribution in [0.1, 0.15) is 23.2 Å². The molecule has 1 aromatic carbocycles. The van der Waals surface area contributed by atoms with Crippen LogP contribution in [0.25, 0.3) is 0 Å². The molecule has 1 fully saturated rings. The molecule has 2 rings (SSSR count). The van der Waals surface area contributed by atoms with Gasteiger partial charge in [-0.05, 0) is 47.0 Å². The van der Waals surface area contributed by atoms with Crippen LogP contribution < -0.4 is 5.32 Å². The Hall–Kier alpha value is -1.01. The normalized spacial score (nSPS) is 18.8. The third-order valence-corrected chi connectivity index (χ3v) is 4.48. The fourth-order valence-corrected chi connectivity index (χ4v) is 3.05. The van der Waals surface area contributed by atoms with Gasteiger partial charge < -0.3 is 10.2 Å². The molecule has 20 heavy (non-hydrogen) atoms. The molecule has 1 aliphatic rings. The van der Waals surface area contributed by atoms with Crippen LogP contribution in [-0.4, -0.2) is 36.9 Å². The van der Waals surface area contributed by atoms with E-state index in [1.54, 1.807) is 18.0 Å². The molecule has 0 aliphatic carbocycles. The van der Waals surface area contributed by atoms with E-state index in [-0.39, 0.29) is 17.7 Å². The predicted molar refractivity (Wildman–Crippen MR) is 84.1 cm³/mol. The fourth-order valence-electron chi connectivity index (χ4n) is 2.43. The molecule has 1 aliphatic heterocycles. The number of nitrogens with zero attached hydrogens (tertiary/aromatic N) is 1. The van der Waals surface area contributed by atoms with Crippen LogP contribution in [0.2, 0.25) is 0 Å². The number of amides is 2. The zero-order chi connectivity index (χ0) is 14.7. The van der Waals surface area contributed by atoms with Crippen molar-refractivity contribution < 1.29 is 9.59 Å². The summed E-state index contributed by atoms with van der Waals surface area (Å²) in [6.07, 6.45) is 1.68. The molecule has 4 nitrogen and oxygen atoms in total. The summed E-state index contributed by atoms with van der Waals surface area (Å²) in [7, 11) is 1.63. The van der Waals surface area contributed by atoms with Crippen molar-refractivity contribution in [3.8, 4) is 0 Å². The summed E-state index contributed by atoms with van der Waals surface area (Å²) in [5.74, 6) is -0.165. The molecule has 1 unspecified atom stereocenters.